The zero-order valence-electron chi connectivity index (χ0n) is 15.1. The number of methoxy groups -OCH3 is 1. The Morgan fingerprint density at radius 2 is 1.82 bits per heavy atom. The van der Waals surface area contributed by atoms with Crippen molar-refractivity contribution in [2.45, 2.75) is 6.92 Å². The molecule has 0 radical (unpaired) electrons. The van der Waals surface area contributed by atoms with Crippen LogP contribution >= 0.6 is 31.9 Å². The van der Waals surface area contributed by atoms with E-state index in [1.807, 2.05) is 30.3 Å². The Labute approximate surface area is 179 Å². The summed E-state index contributed by atoms with van der Waals surface area (Å²) >= 11 is 6.87. The molecule has 28 heavy (non-hydrogen) atoms. The monoisotopic (exact) mass is 506 g/mol. The van der Waals surface area contributed by atoms with Crippen LogP contribution in [0.15, 0.2) is 62.1 Å². The van der Waals surface area contributed by atoms with Gasteiger partial charge in [0.1, 0.15) is 5.75 Å². The lowest BCUT2D eigenvalue weighted by atomic mass is 10.1. The predicted octanol–water partition coefficient (Wildman–Crippen LogP) is 4.57. The molecule has 0 saturated carbocycles. The van der Waals surface area contributed by atoms with Crippen LogP contribution in [-0.4, -0.2) is 31.3 Å². The van der Waals surface area contributed by atoms with Gasteiger partial charge < -0.3 is 9.47 Å². The second-order valence-electron chi connectivity index (χ2n) is 5.87. The van der Waals surface area contributed by atoms with Crippen LogP contribution in [0.3, 0.4) is 0 Å². The minimum atomic E-state index is -0.477. The van der Waals surface area contributed by atoms with Crippen molar-refractivity contribution in [1.82, 2.24) is 0 Å². The van der Waals surface area contributed by atoms with Crippen molar-refractivity contribution in [3.8, 4) is 5.75 Å². The average molecular weight is 508 g/mol. The molecule has 0 atom stereocenters. The summed E-state index contributed by atoms with van der Waals surface area (Å²) < 4.78 is 11.3. The summed E-state index contributed by atoms with van der Waals surface area (Å²) in [6.07, 6.45) is 1.77. The first kappa shape index (κ1) is 20.3. The molecule has 1 amide bonds. The molecule has 0 fully saturated rings. The molecule has 1 aliphatic rings. The zero-order valence-corrected chi connectivity index (χ0v) is 18.3. The molecule has 0 aromatic heterocycles. The molecular weight excluding hydrogens is 492 g/mol. The van der Waals surface area contributed by atoms with E-state index in [2.05, 4.69) is 41.7 Å². The molecule has 1 heterocycles. The van der Waals surface area contributed by atoms with Crippen molar-refractivity contribution in [3.05, 3.63) is 62.5 Å². The SMILES string of the molecule is COC(=O)COc1c(Br)cc(/C=C2/C(=O)N(c3ccccc3)N=C2C)cc1Br. The first-order chi connectivity index (χ1) is 13.4. The summed E-state index contributed by atoms with van der Waals surface area (Å²) in [5, 5.41) is 5.76. The van der Waals surface area contributed by atoms with Gasteiger partial charge in [-0.2, -0.15) is 10.1 Å². The molecule has 0 unspecified atom stereocenters. The number of amides is 1. The van der Waals surface area contributed by atoms with Crippen LogP contribution in [0, 0.1) is 0 Å². The number of rotatable bonds is 5. The molecule has 1 aliphatic heterocycles. The van der Waals surface area contributed by atoms with E-state index >= 15 is 0 Å². The molecular formula is C20H16Br2N2O4. The van der Waals surface area contributed by atoms with Gasteiger partial charge in [-0.1, -0.05) is 18.2 Å². The highest BCUT2D eigenvalue weighted by Crippen LogP contribution is 2.36. The van der Waals surface area contributed by atoms with Crippen LogP contribution in [-0.2, 0) is 14.3 Å². The van der Waals surface area contributed by atoms with Crippen molar-refractivity contribution in [2.75, 3.05) is 18.7 Å². The molecule has 2 aromatic rings. The highest BCUT2D eigenvalue weighted by Gasteiger charge is 2.28. The zero-order chi connectivity index (χ0) is 20.3. The van der Waals surface area contributed by atoms with E-state index in [9.17, 15) is 9.59 Å². The second kappa shape index (κ2) is 8.70. The van der Waals surface area contributed by atoms with Crippen molar-refractivity contribution in [1.29, 1.82) is 0 Å². The summed E-state index contributed by atoms with van der Waals surface area (Å²) in [6, 6.07) is 12.9. The third-order valence-corrected chi connectivity index (χ3v) is 5.14. The molecule has 6 nitrogen and oxygen atoms in total. The molecule has 3 rings (SSSR count). The molecule has 0 bridgehead atoms. The lowest BCUT2D eigenvalue weighted by Crippen LogP contribution is -2.21. The Bertz CT molecular complexity index is 964. The van der Waals surface area contributed by atoms with E-state index in [1.165, 1.54) is 12.1 Å². The van der Waals surface area contributed by atoms with Gasteiger partial charge in [-0.05, 0) is 74.7 Å². The third-order valence-electron chi connectivity index (χ3n) is 3.96. The van der Waals surface area contributed by atoms with E-state index < -0.39 is 5.97 Å². The van der Waals surface area contributed by atoms with Crippen molar-refractivity contribution >= 4 is 61.2 Å². The second-order valence-corrected chi connectivity index (χ2v) is 7.58. The third kappa shape index (κ3) is 4.34. The van der Waals surface area contributed by atoms with Crippen LogP contribution in [0.25, 0.3) is 6.08 Å². The Morgan fingerprint density at radius 3 is 2.43 bits per heavy atom. The summed E-state index contributed by atoms with van der Waals surface area (Å²) in [7, 11) is 1.30. The van der Waals surface area contributed by atoms with E-state index in [0.29, 0.717) is 31.7 Å². The molecule has 0 aliphatic carbocycles. The van der Waals surface area contributed by atoms with E-state index in [0.717, 1.165) is 5.56 Å². The fourth-order valence-electron chi connectivity index (χ4n) is 2.59. The number of carbonyl (C=O) groups is 2. The number of halogens is 2. The minimum absolute atomic E-state index is 0.193. The number of para-hydroxylation sites is 1. The molecule has 2 aromatic carbocycles. The number of hydrogen-bond donors (Lipinski definition) is 0. The highest BCUT2D eigenvalue weighted by molar-refractivity contribution is 9.11. The maximum atomic E-state index is 12.8. The standard InChI is InChI=1S/C20H16Br2N2O4/c1-12-15(20(26)24(23-12)14-6-4-3-5-7-14)8-13-9-16(21)19(17(22)10-13)28-11-18(25)27-2/h3-10H,11H2,1-2H3/b15-8+. The predicted molar refractivity (Wildman–Crippen MR) is 114 cm³/mol. The number of hydrogen-bond acceptors (Lipinski definition) is 5. The van der Waals surface area contributed by atoms with Crippen LogP contribution < -0.4 is 9.75 Å². The van der Waals surface area contributed by atoms with E-state index in [4.69, 9.17) is 4.74 Å². The summed E-state index contributed by atoms with van der Waals surface area (Å²) in [4.78, 5) is 24.1. The molecule has 8 heteroatoms. The number of nitrogens with zero attached hydrogens (tertiary/aromatic N) is 2. The number of hydrazone groups is 1. The molecule has 0 saturated heterocycles. The van der Waals surface area contributed by atoms with Gasteiger partial charge in [-0.3, -0.25) is 4.79 Å². The average Bonchev–Trinajstić information content (AvgIpc) is 2.96. The number of esters is 1. The van der Waals surface area contributed by atoms with Crippen LogP contribution in [0.1, 0.15) is 12.5 Å². The van der Waals surface area contributed by atoms with Gasteiger partial charge in [-0.15, -0.1) is 0 Å². The molecule has 0 spiro atoms. The minimum Gasteiger partial charge on any atom is -0.480 e. The first-order valence-electron chi connectivity index (χ1n) is 8.26. The van der Waals surface area contributed by atoms with Crippen LogP contribution in [0.2, 0.25) is 0 Å². The van der Waals surface area contributed by atoms with Gasteiger partial charge in [0.05, 0.1) is 33.0 Å². The Balaban J connectivity index is 1.86. The summed E-state index contributed by atoms with van der Waals surface area (Å²) in [6.45, 7) is 1.59. The van der Waals surface area contributed by atoms with Crippen molar-refractivity contribution < 1.29 is 19.1 Å². The summed E-state index contributed by atoms with van der Waals surface area (Å²) in [5.74, 6) is -0.196. The van der Waals surface area contributed by atoms with Gasteiger partial charge in [-0.25, -0.2) is 4.79 Å². The number of benzene rings is 2. The van der Waals surface area contributed by atoms with Gasteiger partial charge in [0.2, 0.25) is 0 Å². The maximum absolute atomic E-state index is 12.8. The van der Waals surface area contributed by atoms with Crippen LogP contribution in [0.4, 0.5) is 5.69 Å². The van der Waals surface area contributed by atoms with Gasteiger partial charge in [0, 0.05) is 0 Å². The van der Waals surface area contributed by atoms with Crippen molar-refractivity contribution in [2.24, 2.45) is 5.10 Å². The number of anilines is 1. The van der Waals surface area contributed by atoms with E-state index in [1.54, 1.807) is 25.1 Å². The molecule has 0 N–H and O–H groups in total. The maximum Gasteiger partial charge on any atom is 0.343 e. The number of carbonyl (C=O) groups excluding carboxylic acids is 2. The Kier molecular flexibility index (Phi) is 6.31. The quantitative estimate of drug-likeness (QED) is 0.439. The van der Waals surface area contributed by atoms with E-state index in [-0.39, 0.29) is 12.5 Å². The Hall–Kier alpha value is -2.45. The Morgan fingerprint density at radius 1 is 1.18 bits per heavy atom. The van der Waals surface area contributed by atoms with Gasteiger partial charge in [0.15, 0.2) is 6.61 Å². The fourth-order valence-corrected chi connectivity index (χ4v) is 4.04. The topological polar surface area (TPSA) is 68.2 Å². The lowest BCUT2D eigenvalue weighted by Gasteiger charge is -2.12. The smallest absolute Gasteiger partial charge is 0.343 e. The van der Waals surface area contributed by atoms with Crippen molar-refractivity contribution in [3.63, 3.8) is 0 Å². The molecule has 144 valence electrons. The fraction of sp³-hybridized carbons (Fsp3) is 0.150. The lowest BCUT2D eigenvalue weighted by molar-refractivity contribution is -0.142. The normalized spacial score (nSPS) is 15.0. The summed E-state index contributed by atoms with van der Waals surface area (Å²) in [5.41, 5.74) is 2.62. The van der Waals surface area contributed by atoms with Gasteiger partial charge >= 0.3 is 5.97 Å². The van der Waals surface area contributed by atoms with Gasteiger partial charge in [0.25, 0.3) is 5.91 Å². The largest absolute Gasteiger partial charge is 0.480 e. The number of ether oxygens (including phenoxy) is 2. The first-order valence-corrected chi connectivity index (χ1v) is 9.84. The highest BCUT2D eigenvalue weighted by atomic mass is 79.9. The van der Waals surface area contributed by atoms with Crippen LogP contribution in [0.5, 0.6) is 5.75 Å².